The van der Waals surface area contributed by atoms with Gasteiger partial charge in [0.15, 0.2) is 0 Å². The van der Waals surface area contributed by atoms with Crippen LogP contribution in [0.4, 0.5) is 22.7 Å². The van der Waals surface area contributed by atoms with Crippen molar-refractivity contribution in [2.75, 3.05) is 9.34 Å². The average Bonchev–Trinajstić information content (AvgIpc) is 3.35. The van der Waals surface area contributed by atoms with Crippen LogP contribution in [0.3, 0.4) is 0 Å². The molecular weight excluding hydrogens is 462 g/mol. The highest BCUT2D eigenvalue weighted by Crippen LogP contribution is 2.64. The second kappa shape index (κ2) is 8.78. The van der Waals surface area contributed by atoms with Crippen LogP contribution in [0.2, 0.25) is 0 Å². The van der Waals surface area contributed by atoms with Gasteiger partial charge in [0.2, 0.25) is 0 Å². The maximum Gasteiger partial charge on any atom is 0.494 e. The van der Waals surface area contributed by atoms with Gasteiger partial charge in [0.25, 0.3) is 0 Å². The summed E-state index contributed by atoms with van der Waals surface area (Å²) in [6.07, 6.45) is 0. The third kappa shape index (κ3) is 3.83. The molecular formula is C30H30BN2O2P. The first-order valence-corrected chi connectivity index (χ1v) is 13.7. The van der Waals surface area contributed by atoms with Crippen LogP contribution in [0.15, 0.2) is 109 Å². The van der Waals surface area contributed by atoms with E-state index < -0.39 is 15.3 Å². The van der Waals surface area contributed by atoms with E-state index in [4.69, 9.17) is 9.31 Å². The number of para-hydroxylation sites is 2. The van der Waals surface area contributed by atoms with Crippen molar-refractivity contribution in [3.63, 3.8) is 0 Å². The zero-order valence-corrected chi connectivity index (χ0v) is 22.0. The quantitative estimate of drug-likeness (QED) is 0.228. The summed E-state index contributed by atoms with van der Waals surface area (Å²) in [7, 11) is -1.33. The maximum absolute atomic E-state index is 6.42. The topological polar surface area (TPSA) is 24.9 Å². The first kappa shape index (κ1) is 23.3. The lowest BCUT2D eigenvalue weighted by Crippen LogP contribution is -2.41. The van der Waals surface area contributed by atoms with Crippen LogP contribution >= 0.6 is 8.22 Å². The number of fused-ring (bicyclic) bond motifs is 1. The third-order valence-corrected chi connectivity index (χ3v) is 9.76. The van der Waals surface area contributed by atoms with Crippen LogP contribution in [0.5, 0.6) is 0 Å². The van der Waals surface area contributed by atoms with Gasteiger partial charge >= 0.3 is 7.12 Å². The van der Waals surface area contributed by atoms with Crippen molar-refractivity contribution < 1.29 is 9.31 Å². The summed E-state index contributed by atoms with van der Waals surface area (Å²) in [6, 6.07) is 38.8. The average molecular weight is 492 g/mol. The highest BCUT2D eigenvalue weighted by molar-refractivity contribution is 7.70. The lowest BCUT2D eigenvalue weighted by molar-refractivity contribution is 0.00578. The second-order valence-electron chi connectivity index (χ2n) is 10.3. The van der Waals surface area contributed by atoms with E-state index in [0.29, 0.717) is 0 Å². The van der Waals surface area contributed by atoms with E-state index in [9.17, 15) is 0 Å². The van der Waals surface area contributed by atoms with Crippen molar-refractivity contribution in [3.05, 3.63) is 109 Å². The Balaban J connectivity index is 1.54. The molecule has 6 heteroatoms. The molecule has 0 aliphatic carbocycles. The monoisotopic (exact) mass is 492 g/mol. The Labute approximate surface area is 215 Å². The molecule has 6 rings (SSSR count). The molecule has 1 saturated heterocycles. The van der Waals surface area contributed by atoms with Crippen LogP contribution in [-0.2, 0) is 9.31 Å². The molecule has 0 spiro atoms. The van der Waals surface area contributed by atoms with E-state index in [1.165, 1.54) is 22.4 Å². The van der Waals surface area contributed by atoms with Crippen molar-refractivity contribution >= 4 is 48.9 Å². The van der Waals surface area contributed by atoms with Crippen molar-refractivity contribution in [2.45, 2.75) is 38.9 Å². The molecule has 4 aromatic carbocycles. The normalized spacial score (nSPS) is 20.0. The smallest absolute Gasteiger partial charge is 0.399 e. The minimum atomic E-state index is -0.924. The molecule has 2 aliphatic rings. The molecule has 0 amide bonds. The van der Waals surface area contributed by atoms with E-state index in [1.54, 1.807) is 0 Å². The first-order chi connectivity index (χ1) is 17.4. The molecule has 0 saturated carbocycles. The van der Waals surface area contributed by atoms with Gasteiger partial charge in [0.1, 0.15) is 8.22 Å². The number of nitrogens with zero attached hydrogens (tertiary/aromatic N) is 2. The molecule has 2 heterocycles. The minimum Gasteiger partial charge on any atom is -0.399 e. The zero-order valence-electron chi connectivity index (χ0n) is 21.1. The number of hydrogen-bond acceptors (Lipinski definition) is 4. The van der Waals surface area contributed by atoms with Crippen LogP contribution in [0.25, 0.3) is 0 Å². The summed E-state index contributed by atoms with van der Waals surface area (Å²) < 4.78 is 17.8. The Morgan fingerprint density at radius 2 is 1.06 bits per heavy atom. The third-order valence-electron chi connectivity index (χ3n) is 7.35. The molecule has 1 fully saturated rings. The largest absolute Gasteiger partial charge is 0.494 e. The van der Waals surface area contributed by atoms with Crippen LogP contribution < -0.4 is 20.1 Å². The number of rotatable bonds is 4. The minimum absolute atomic E-state index is 0.386. The van der Waals surface area contributed by atoms with Gasteiger partial charge in [-0.2, -0.15) is 0 Å². The van der Waals surface area contributed by atoms with Crippen LogP contribution in [-0.4, -0.2) is 18.3 Å². The molecule has 0 radical (unpaired) electrons. The van der Waals surface area contributed by atoms with Gasteiger partial charge < -0.3 is 9.31 Å². The molecule has 0 N–H and O–H groups in total. The van der Waals surface area contributed by atoms with Crippen LogP contribution in [0.1, 0.15) is 27.7 Å². The molecule has 180 valence electrons. The Morgan fingerprint density at radius 1 is 0.583 bits per heavy atom. The predicted molar refractivity (Wildman–Crippen MR) is 152 cm³/mol. The summed E-state index contributed by atoms with van der Waals surface area (Å²) in [5, 5.41) is 1.29. The lowest BCUT2D eigenvalue weighted by Gasteiger charge is -2.32. The zero-order chi connectivity index (χ0) is 24.9. The Morgan fingerprint density at radius 3 is 1.58 bits per heavy atom. The van der Waals surface area contributed by atoms with Crippen LogP contribution in [0, 0.1) is 0 Å². The fourth-order valence-electron chi connectivity index (χ4n) is 4.74. The van der Waals surface area contributed by atoms with Gasteiger partial charge in [-0.05, 0) is 69.6 Å². The van der Waals surface area contributed by atoms with Gasteiger partial charge in [-0.25, -0.2) is 0 Å². The van der Waals surface area contributed by atoms with Gasteiger partial charge in [0.05, 0.1) is 22.6 Å². The van der Waals surface area contributed by atoms with Gasteiger partial charge in [0, 0.05) is 16.7 Å². The Hall–Kier alpha value is -3.11. The first-order valence-electron chi connectivity index (χ1n) is 12.4. The Bertz CT molecular complexity index is 1350. The summed E-state index contributed by atoms with van der Waals surface area (Å²) in [4.78, 5) is 0. The molecule has 0 bridgehead atoms. The summed E-state index contributed by atoms with van der Waals surface area (Å²) in [5.41, 5.74) is 4.94. The van der Waals surface area contributed by atoms with Gasteiger partial charge in [-0.3, -0.25) is 9.34 Å². The highest BCUT2D eigenvalue weighted by Gasteiger charge is 2.52. The highest BCUT2D eigenvalue weighted by atomic mass is 31.1. The maximum atomic E-state index is 6.42. The van der Waals surface area contributed by atoms with Crippen molar-refractivity contribution in [1.29, 1.82) is 0 Å². The van der Waals surface area contributed by atoms with E-state index >= 15 is 0 Å². The summed E-state index contributed by atoms with van der Waals surface area (Å²) in [5.74, 6) is 0. The molecule has 0 aromatic heterocycles. The standard InChI is InChI=1S/C30H30BN2O2P/c1-29(2)30(3,4)35-31(34-29)23-20-21-27-28(22-23)33(25-16-10-6-11-17-25)36(26-18-12-7-13-19-26)32(27)24-14-8-5-9-15-24/h5-22H,1-4H3. The van der Waals surface area contributed by atoms with E-state index in [0.717, 1.165) is 11.2 Å². The fraction of sp³-hybridized carbons (Fsp3) is 0.200. The fourth-order valence-corrected chi connectivity index (χ4v) is 7.26. The van der Waals surface area contributed by atoms with Gasteiger partial charge in [-0.15, -0.1) is 0 Å². The van der Waals surface area contributed by atoms with Gasteiger partial charge in [-0.1, -0.05) is 72.8 Å². The molecule has 1 unspecified atom stereocenters. The molecule has 1 atom stereocenters. The molecule has 36 heavy (non-hydrogen) atoms. The predicted octanol–water partition coefficient (Wildman–Crippen LogP) is 6.91. The van der Waals surface area contributed by atoms with E-state index in [2.05, 4.69) is 146 Å². The van der Waals surface area contributed by atoms with E-state index in [1.807, 2.05) is 0 Å². The van der Waals surface area contributed by atoms with E-state index in [-0.39, 0.29) is 11.2 Å². The Kier molecular flexibility index (Phi) is 5.68. The summed E-state index contributed by atoms with van der Waals surface area (Å²) in [6.45, 7) is 8.40. The number of hydrogen-bond donors (Lipinski definition) is 0. The summed E-state index contributed by atoms with van der Waals surface area (Å²) >= 11 is 0. The number of anilines is 4. The molecule has 2 aliphatic heterocycles. The number of benzene rings is 4. The molecule has 4 nitrogen and oxygen atoms in total. The molecule has 4 aromatic rings. The van der Waals surface area contributed by atoms with Crippen molar-refractivity contribution in [3.8, 4) is 0 Å². The second-order valence-corrected chi connectivity index (χ2v) is 12.2. The van der Waals surface area contributed by atoms with Crippen molar-refractivity contribution in [1.82, 2.24) is 0 Å². The van der Waals surface area contributed by atoms with Crippen molar-refractivity contribution in [2.24, 2.45) is 0 Å². The lowest BCUT2D eigenvalue weighted by atomic mass is 9.78. The SMILES string of the molecule is CC1(C)OB(c2ccc3c(c2)N(c2ccccc2)P(c2ccccc2)N3c2ccccc2)OC1(C)C.